The predicted molar refractivity (Wildman–Crippen MR) is 141 cm³/mol. The molecule has 2 N–H and O–H groups in total. The number of carbonyl (C=O) groups is 3. The highest BCUT2D eigenvalue weighted by molar-refractivity contribution is 6.04. The van der Waals surface area contributed by atoms with Crippen LogP contribution in [-0.4, -0.2) is 63.8 Å². The van der Waals surface area contributed by atoms with Crippen LogP contribution in [0.2, 0.25) is 0 Å². The molecule has 0 spiro atoms. The van der Waals surface area contributed by atoms with Crippen LogP contribution in [0.4, 0.5) is 16.2 Å². The van der Waals surface area contributed by atoms with Crippen LogP contribution in [0.5, 0.6) is 0 Å². The van der Waals surface area contributed by atoms with Gasteiger partial charge in [0.1, 0.15) is 17.0 Å². The smallest absolute Gasteiger partial charge is 0.412 e. The number of hydrogen-bond acceptors (Lipinski definition) is 5. The van der Waals surface area contributed by atoms with Gasteiger partial charge in [-0.15, -0.1) is 0 Å². The molecule has 1 saturated heterocycles. The topological polar surface area (TPSA) is 107 Å². The molecule has 0 unspecified atom stereocenters. The third-order valence-electron chi connectivity index (χ3n) is 5.88. The van der Waals surface area contributed by atoms with E-state index in [0.29, 0.717) is 49.1 Å². The number of nitrogens with one attached hydrogen (secondary N) is 2. The first-order valence-electron chi connectivity index (χ1n) is 12.1. The maximum absolute atomic E-state index is 12.9. The van der Waals surface area contributed by atoms with E-state index >= 15 is 0 Å². The summed E-state index contributed by atoms with van der Waals surface area (Å²) in [7, 11) is 3.58. The molecule has 10 nitrogen and oxygen atoms in total. The first-order valence-corrected chi connectivity index (χ1v) is 12.1. The molecule has 0 atom stereocenters. The molecule has 10 heteroatoms. The molecule has 196 valence electrons. The summed E-state index contributed by atoms with van der Waals surface area (Å²) < 4.78 is 14.1. The zero-order valence-corrected chi connectivity index (χ0v) is 21.8. The molecule has 0 bridgehead atoms. The number of aryl methyl sites for hydroxylation is 2. The van der Waals surface area contributed by atoms with Gasteiger partial charge in [-0.2, -0.15) is 0 Å². The number of ether oxygens (including phenoxy) is 2. The van der Waals surface area contributed by atoms with Crippen molar-refractivity contribution in [3.05, 3.63) is 60.2 Å². The number of nitrogens with zero attached hydrogens (tertiary/aromatic N) is 3. The van der Waals surface area contributed by atoms with E-state index in [2.05, 4.69) is 10.6 Å². The van der Waals surface area contributed by atoms with Gasteiger partial charge in [-0.1, -0.05) is 12.1 Å². The summed E-state index contributed by atoms with van der Waals surface area (Å²) in [5, 5.41) is 5.52. The fourth-order valence-corrected chi connectivity index (χ4v) is 4.08. The second-order valence-corrected chi connectivity index (χ2v) is 10.0. The molecule has 1 aliphatic heterocycles. The zero-order valence-electron chi connectivity index (χ0n) is 21.8. The Labute approximate surface area is 216 Å². The predicted octanol–water partition coefficient (Wildman–Crippen LogP) is 4.10. The van der Waals surface area contributed by atoms with E-state index in [1.807, 2.05) is 48.1 Å². The molecule has 1 aliphatic rings. The average molecular weight is 508 g/mol. The Kier molecular flexibility index (Phi) is 7.40. The Balaban J connectivity index is 1.41. The Morgan fingerprint density at radius 2 is 1.49 bits per heavy atom. The number of aromatic nitrogens is 2. The van der Waals surface area contributed by atoms with Crippen molar-refractivity contribution in [1.29, 1.82) is 0 Å². The molecule has 0 aliphatic carbocycles. The lowest BCUT2D eigenvalue weighted by Gasteiger charge is -2.26. The minimum Gasteiger partial charge on any atom is -0.444 e. The van der Waals surface area contributed by atoms with Crippen LogP contribution in [0, 0.1) is 0 Å². The minimum atomic E-state index is -0.620. The molecule has 2 aromatic heterocycles. The van der Waals surface area contributed by atoms with Gasteiger partial charge in [0.05, 0.1) is 18.9 Å². The van der Waals surface area contributed by atoms with Crippen molar-refractivity contribution in [3.8, 4) is 11.1 Å². The molecule has 0 radical (unpaired) electrons. The Bertz CT molecular complexity index is 1290. The Morgan fingerprint density at radius 1 is 0.838 bits per heavy atom. The van der Waals surface area contributed by atoms with Crippen LogP contribution in [0.3, 0.4) is 0 Å². The third-order valence-corrected chi connectivity index (χ3v) is 5.88. The van der Waals surface area contributed by atoms with Crippen LogP contribution >= 0.6 is 0 Å². The minimum absolute atomic E-state index is 0.0102. The molecular weight excluding hydrogens is 474 g/mol. The monoisotopic (exact) mass is 507 g/mol. The van der Waals surface area contributed by atoms with Crippen LogP contribution in [-0.2, 0) is 23.6 Å². The van der Waals surface area contributed by atoms with E-state index < -0.39 is 11.7 Å². The standard InChI is InChI=1S/C27H33N5O5/c1-27(2,3)37-26(35)29-21-15-22(31(5)17-21)24(33)28-20-8-6-18(7-9-20)19-14-23(30(4)16-19)25(34)32-10-12-36-13-11-32/h6-9,14-17H,10-13H2,1-5H3,(H,28,33)(H,29,35). The maximum atomic E-state index is 12.9. The molecule has 3 aromatic rings. The molecule has 1 aromatic carbocycles. The zero-order chi connectivity index (χ0) is 26.7. The summed E-state index contributed by atoms with van der Waals surface area (Å²) in [5.41, 5.74) is 3.30. The number of amides is 3. The quantitative estimate of drug-likeness (QED) is 0.541. The summed E-state index contributed by atoms with van der Waals surface area (Å²) >= 11 is 0. The van der Waals surface area contributed by atoms with Gasteiger partial charge in [-0.05, 0) is 50.6 Å². The van der Waals surface area contributed by atoms with Gasteiger partial charge in [0.2, 0.25) is 0 Å². The van der Waals surface area contributed by atoms with Crippen LogP contribution in [0.15, 0.2) is 48.8 Å². The van der Waals surface area contributed by atoms with E-state index in [9.17, 15) is 14.4 Å². The fourth-order valence-electron chi connectivity index (χ4n) is 4.08. The van der Waals surface area contributed by atoms with E-state index in [1.54, 1.807) is 49.5 Å². The van der Waals surface area contributed by atoms with Gasteiger partial charge >= 0.3 is 6.09 Å². The second-order valence-electron chi connectivity index (χ2n) is 10.0. The maximum Gasteiger partial charge on any atom is 0.412 e. The first kappa shape index (κ1) is 26.0. The normalized spacial score (nSPS) is 13.8. The lowest BCUT2D eigenvalue weighted by molar-refractivity contribution is 0.0296. The van der Waals surface area contributed by atoms with Crippen molar-refractivity contribution in [2.75, 3.05) is 36.9 Å². The third kappa shape index (κ3) is 6.39. The molecule has 3 amide bonds. The molecule has 4 rings (SSSR count). The molecular formula is C27H33N5O5. The van der Waals surface area contributed by atoms with Crippen LogP contribution in [0.25, 0.3) is 11.1 Å². The molecule has 1 fully saturated rings. The summed E-state index contributed by atoms with van der Waals surface area (Å²) in [4.78, 5) is 39.6. The van der Waals surface area contributed by atoms with E-state index in [0.717, 1.165) is 11.1 Å². The fraction of sp³-hybridized carbons (Fsp3) is 0.370. The van der Waals surface area contributed by atoms with Crippen molar-refractivity contribution in [2.24, 2.45) is 14.1 Å². The summed E-state index contributed by atoms with van der Waals surface area (Å²) in [6.07, 6.45) is 2.98. The highest BCUT2D eigenvalue weighted by Crippen LogP contribution is 2.25. The first-order chi connectivity index (χ1) is 17.5. The molecule has 0 saturated carbocycles. The number of anilines is 2. The molecule has 37 heavy (non-hydrogen) atoms. The van der Waals surface area contributed by atoms with Gasteiger partial charge in [0.25, 0.3) is 11.8 Å². The lowest BCUT2D eigenvalue weighted by atomic mass is 10.1. The summed E-state index contributed by atoms with van der Waals surface area (Å²) in [6.45, 7) is 7.64. The number of benzene rings is 1. The van der Waals surface area contributed by atoms with E-state index in [1.165, 1.54) is 0 Å². The van der Waals surface area contributed by atoms with Gasteiger partial charge in [0, 0.05) is 50.8 Å². The number of morpholine rings is 1. The second kappa shape index (κ2) is 10.5. The Hall–Kier alpha value is -4.05. The number of rotatable bonds is 5. The van der Waals surface area contributed by atoms with Gasteiger partial charge in [-0.25, -0.2) is 4.79 Å². The van der Waals surface area contributed by atoms with Gasteiger partial charge < -0.3 is 28.8 Å². The summed E-state index contributed by atoms with van der Waals surface area (Å²) in [6, 6.07) is 10.9. The van der Waals surface area contributed by atoms with Crippen LogP contribution in [0.1, 0.15) is 41.7 Å². The Morgan fingerprint density at radius 3 is 2.14 bits per heavy atom. The van der Waals surface area contributed by atoms with Crippen molar-refractivity contribution in [3.63, 3.8) is 0 Å². The van der Waals surface area contributed by atoms with Crippen LogP contribution < -0.4 is 10.6 Å². The van der Waals surface area contributed by atoms with Crippen molar-refractivity contribution in [2.45, 2.75) is 26.4 Å². The average Bonchev–Trinajstić information content (AvgIpc) is 3.40. The highest BCUT2D eigenvalue weighted by atomic mass is 16.6. The van der Waals surface area contributed by atoms with Gasteiger partial charge in [0.15, 0.2) is 0 Å². The highest BCUT2D eigenvalue weighted by Gasteiger charge is 2.22. The number of carbonyl (C=O) groups excluding carboxylic acids is 3. The largest absolute Gasteiger partial charge is 0.444 e. The van der Waals surface area contributed by atoms with Gasteiger partial charge in [-0.3, -0.25) is 14.9 Å². The SMILES string of the molecule is Cn1cc(NC(=O)OC(C)(C)C)cc1C(=O)Nc1ccc(-c2cc(C(=O)N3CCOCC3)n(C)c2)cc1. The van der Waals surface area contributed by atoms with Crippen molar-refractivity contribution >= 4 is 29.3 Å². The summed E-state index contributed by atoms with van der Waals surface area (Å²) in [5.74, 6) is -0.324. The lowest BCUT2D eigenvalue weighted by Crippen LogP contribution is -2.41. The number of hydrogen-bond donors (Lipinski definition) is 2. The molecule has 3 heterocycles. The van der Waals surface area contributed by atoms with E-state index in [-0.39, 0.29) is 11.8 Å². The van der Waals surface area contributed by atoms with Crippen molar-refractivity contribution in [1.82, 2.24) is 14.0 Å². The van der Waals surface area contributed by atoms with E-state index in [4.69, 9.17) is 9.47 Å². The van der Waals surface area contributed by atoms with Crippen molar-refractivity contribution < 1.29 is 23.9 Å².